The Hall–Kier alpha value is -4.76. The molecule has 3 aromatic heterocycles. The fraction of sp³-hybridized carbons (Fsp3) is 0.178. The van der Waals surface area contributed by atoms with Crippen molar-refractivity contribution in [3.8, 4) is 44.8 Å². The molecule has 0 unspecified atom stereocenters. The molecule has 0 amide bonds. The third-order valence-electron chi connectivity index (χ3n) is 8.69. The van der Waals surface area contributed by atoms with Gasteiger partial charge < -0.3 is 9.97 Å². The second-order valence-electron chi connectivity index (χ2n) is 13.4. The molecule has 7 aromatic rings. The van der Waals surface area contributed by atoms with Crippen molar-refractivity contribution in [2.24, 2.45) is 0 Å². The molecule has 0 atom stereocenters. The molecule has 0 saturated heterocycles. The molecule has 0 bridgehead atoms. The van der Waals surface area contributed by atoms with E-state index in [0.29, 0.717) is 0 Å². The van der Waals surface area contributed by atoms with Gasteiger partial charge >= 0.3 is 20.1 Å². The summed E-state index contributed by atoms with van der Waals surface area (Å²) in [5, 5.41) is 2.35. The number of pyridine rings is 3. The van der Waals surface area contributed by atoms with Crippen molar-refractivity contribution in [3.05, 3.63) is 162 Å². The molecule has 0 aliphatic carbocycles. The fourth-order valence-corrected chi connectivity index (χ4v) is 5.61. The molecule has 4 aromatic carbocycles. The van der Waals surface area contributed by atoms with Gasteiger partial charge in [-0.25, -0.2) is 17.7 Å². The van der Waals surface area contributed by atoms with Gasteiger partial charge in [-0.05, 0) is 70.4 Å². The molecule has 0 aliphatic rings. The molecule has 49 heavy (non-hydrogen) atoms. The normalized spacial score (nSPS) is 11.0. The van der Waals surface area contributed by atoms with E-state index in [0.717, 1.165) is 39.2 Å². The van der Waals surface area contributed by atoms with Crippen LogP contribution >= 0.6 is 0 Å². The first kappa shape index (κ1) is 35.5. The zero-order valence-corrected chi connectivity index (χ0v) is 31.5. The smallest absolute Gasteiger partial charge is 0.341 e. The van der Waals surface area contributed by atoms with E-state index < -0.39 is 0 Å². The van der Waals surface area contributed by atoms with Crippen molar-refractivity contribution in [3.63, 3.8) is 0 Å². The van der Waals surface area contributed by atoms with E-state index >= 15 is 0 Å². The van der Waals surface area contributed by atoms with Gasteiger partial charge in [-0.1, -0.05) is 82.6 Å². The van der Waals surface area contributed by atoms with Gasteiger partial charge in [0.2, 0.25) is 0 Å². The standard InChI is InChI=1S/C31H27N2.C14H13N.Ir/c1-21-8-10-22(11-9-21)26-12-13-27(28-15-16-32-20-29(26)28)23-6-5-7-24(18-23)30-19-25(14-17-33-30)31(2,3)4;1-10-4-7-13(8-5-10)14-9-6-11(2)12(3)15-14;/h5-6,8-20H,1-4H3;4-7H,1-3H3;/q-1;-2;+3. The predicted molar refractivity (Wildman–Crippen MR) is 200 cm³/mol. The Morgan fingerprint density at radius 2 is 1.35 bits per heavy atom. The summed E-state index contributed by atoms with van der Waals surface area (Å²) in [6.07, 6.45) is 5.74. The van der Waals surface area contributed by atoms with Crippen LogP contribution in [0.2, 0.25) is 0 Å². The van der Waals surface area contributed by atoms with Gasteiger partial charge in [0.15, 0.2) is 0 Å². The SMILES string of the molecule is Cc1c[c-]c(-c2[c-]cc(C)c(C)n2)cc1.Cc1ccc(-c2ccc(-c3cc[c-]c(-c4cc(C(C)(C)C)ccn4)c3)c3ccncc23)cc1.[Ir+3]. The van der Waals surface area contributed by atoms with Gasteiger partial charge in [0.25, 0.3) is 0 Å². The Kier molecular flexibility index (Phi) is 11.0. The number of aryl methyl sites for hydroxylation is 4. The molecular weight excluding hydrogens is 775 g/mol. The summed E-state index contributed by atoms with van der Waals surface area (Å²) in [5.41, 5.74) is 14.6. The molecule has 0 spiro atoms. The van der Waals surface area contributed by atoms with E-state index in [1.807, 2.05) is 56.7 Å². The molecule has 3 nitrogen and oxygen atoms in total. The van der Waals surface area contributed by atoms with Crippen molar-refractivity contribution < 1.29 is 20.1 Å². The molecule has 0 N–H and O–H groups in total. The molecule has 0 fully saturated rings. The van der Waals surface area contributed by atoms with Gasteiger partial charge in [0.05, 0.1) is 0 Å². The summed E-state index contributed by atoms with van der Waals surface area (Å²) in [5.74, 6) is 0. The topological polar surface area (TPSA) is 38.7 Å². The van der Waals surface area contributed by atoms with Crippen LogP contribution in [0.1, 0.15) is 48.7 Å². The Bertz CT molecular complexity index is 2190. The molecule has 4 heteroatoms. The Morgan fingerprint density at radius 1 is 0.612 bits per heavy atom. The van der Waals surface area contributed by atoms with Crippen LogP contribution in [0.3, 0.4) is 0 Å². The molecule has 0 aliphatic heterocycles. The Morgan fingerprint density at radius 3 is 2.04 bits per heavy atom. The molecule has 244 valence electrons. The maximum absolute atomic E-state index is 4.64. The Balaban J connectivity index is 0.000000246. The quantitative estimate of drug-likeness (QED) is 0.166. The average Bonchev–Trinajstić information content (AvgIpc) is 3.10. The number of benzene rings is 4. The molecule has 3 heterocycles. The maximum Gasteiger partial charge on any atom is 3.00 e. The van der Waals surface area contributed by atoms with Gasteiger partial charge in [-0.15, -0.1) is 52.2 Å². The van der Waals surface area contributed by atoms with E-state index in [4.69, 9.17) is 0 Å². The van der Waals surface area contributed by atoms with Crippen LogP contribution < -0.4 is 0 Å². The predicted octanol–water partition coefficient (Wildman–Crippen LogP) is 11.3. The monoisotopic (exact) mass is 815 g/mol. The van der Waals surface area contributed by atoms with Crippen LogP contribution in [-0.2, 0) is 25.5 Å². The largest absolute Gasteiger partial charge is 3.00 e. The molecular formula is C45H40IrN3. The molecule has 0 radical (unpaired) electrons. The van der Waals surface area contributed by atoms with E-state index in [2.05, 4.69) is 141 Å². The van der Waals surface area contributed by atoms with Crippen LogP contribution in [0.4, 0.5) is 0 Å². The summed E-state index contributed by atoms with van der Waals surface area (Å²) < 4.78 is 0. The zero-order chi connectivity index (χ0) is 33.8. The number of rotatable bonds is 4. The molecule has 7 rings (SSSR count). The summed E-state index contributed by atoms with van der Waals surface area (Å²) in [6.45, 7) is 14.9. The van der Waals surface area contributed by atoms with Crippen molar-refractivity contribution in [2.75, 3.05) is 0 Å². The second-order valence-corrected chi connectivity index (χ2v) is 13.4. The van der Waals surface area contributed by atoms with Crippen LogP contribution in [-0.4, -0.2) is 15.0 Å². The minimum Gasteiger partial charge on any atom is -0.341 e. The van der Waals surface area contributed by atoms with Crippen molar-refractivity contribution in [1.82, 2.24) is 15.0 Å². The van der Waals surface area contributed by atoms with E-state index in [-0.39, 0.29) is 25.5 Å². The number of nitrogens with zero attached hydrogens (tertiary/aromatic N) is 3. The first-order chi connectivity index (χ1) is 23.1. The number of aromatic nitrogens is 3. The van der Waals surface area contributed by atoms with Gasteiger partial charge in [-0.2, -0.15) is 24.3 Å². The van der Waals surface area contributed by atoms with Gasteiger partial charge in [0.1, 0.15) is 0 Å². The average molecular weight is 815 g/mol. The first-order valence-corrected chi connectivity index (χ1v) is 16.3. The van der Waals surface area contributed by atoms with Gasteiger partial charge in [-0.3, -0.25) is 4.98 Å². The van der Waals surface area contributed by atoms with E-state index in [1.54, 1.807) is 0 Å². The number of fused-ring (bicyclic) bond motifs is 1. The fourth-order valence-electron chi connectivity index (χ4n) is 5.61. The van der Waals surface area contributed by atoms with Crippen molar-refractivity contribution in [2.45, 2.75) is 53.9 Å². The summed E-state index contributed by atoms with van der Waals surface area (Å²) in [6, 6.07) is 43.6. The third kappa shape index (κ3) is 8.28. The van der Waals surface area contributed by atoms with E-state index in [9.17, 15) is 0 Å². The maximum atomic E-state index is 4.64. The summed E-state index contributed by atoms with van der Waals surface area (Å²) in [4.78, 5) is 13.6. The van der Waals surface area contributed by atoms with E-state index in [1.165, 1.54) is 44.3 Å². The summed E-state index contributed by atoms with van der Waals surface area (Å²) in [7, 11) is 0. The first-order valence-electron chi connectivity index (χ1n) is 16.3. The number of hydrogen-bond donors (Lipinski definition) is 0. The van der Waals surface area contributed by atoms with Crippen LogP contribution in [0.25, 0.3) is 55.5 Å². The zero-order valence-electron chi connectivity index (χ0n) is 29.1. The van der Waals surface area contributed by atoms with Crippen molar-refractivity contribution in [1.29, 1.82) is 0 Å². The van der Waals surface area contributed by atoms with Gasteiger partial charge in [0, 0.05) is 24.0 Å². The van der Waals surface area contributed by atoms with Crippen LogP contribution in [0.5, 0.6) is 0 Å². The van der Waals surface area contributed by atoms with Crippen LogP contribution in [0.15, 0.2) is 116 Å². The minimum absolute atomic E-state index is 0. The van der Waals surface area contributed by atoms with Crippen molar-refractivity contribution >= 4 is 10.8 Å². The summed E-state index contributed by atoms with van der Waals surface area (Å²) >= 11 is 0. The third-order valence-corrected chi connectivity index (χ3v) is 8.69. The minimum atomic E-state index is 0. The van der Waals surface area contributed by atoms with Crippen LogP contribution in [0, 0.1) is 45.9 Å². The second kappa shape index (κ2) is 15.2. The number of hydrogen-bond acceptors (Lipinski definition) is 3. The molecule has 0 saturated carbocycles. The Labute approximate surface area is 304 Å².